The Balaban J connectivity index is 4.78. The van der Waals surface area contributed by atoms with Gasteiger partial charge in [-0.05, 0) is 20.8 Å². The van der Waals surface area contributed by atoms with Gasteiger partial charge in [0.25, 0.3) is 7.37 Å². The molecular formula is C10H24NO5P. The highest BCUT2D eigenvalue weighted by molar-refractivity contribution is 7.59. The van der Waals surface area contributed by atoms with Gasteiger partial charge in [0.1, 0.15) is 0 Å². The summed E-state index contributed by atoms with van der Waals surface area (Å²) >= 11 is 0. The van der Waals surface area contributed by atoms with Crippen molar-refractivity contribution in [1.29, 1.82) is 0 Å². The lowest BCUT2D eigenvalue weighted by Crippen LogP contribution is -2.29. The van der Waals surface area contributed by atoms with Gasteiger partial charge in [-0.2, -0.15) is 0 Å². The molecule has 0 radical (unpaired) electrons. The summed E-state index contributed by atoms with van der Waals surface area (Å²) in [5, 5.41) is 9.52. The van der Waals surface area contributed by atoms with E-state index in [0.717, 1.165) is 0 Å². The molecule has 0 amide bonds. The van der Waals surface area contributed by atoms with Gasteiger partial charge in [-0.25, -0.2) is 0 Å². The lowest BCUT2D eigenvalue weighted by molar-refractivity contribution is -0.0894. The second-order valence-electron chi connectivity index (χ2n) is 3.43. The van der Waals surface area contributed by atoms with Crippen LogP contribution in [0.3, 0.4) is 0 Å². The highest BCUT2D eigenvalue weighted by atomic mass is 31.2. The predicted molar refractivity (Wildman–Crippen MR) is 66.2 cm³/mol. The SMILES string of the molecule is CCOC(OCC)P(=O)(C[C@@H](O)CN)OCC. The third-order valence-electron chi connectivity index (χ3n) is 2.02. The highest BCUT2D eigenvalue weighted by Gasteiger charge is 2.37. The first-order valence-corrected chi connectivity index (χ1v) is 7.76. The van der Waals surface area contributed by atoms with E-state index in [1.54, 1.807) is 20.8 Å². The van der Waals surface area contributed by atoms with Crippen molar-refractivity contribution in [3.05, 3.63) is 0 Å². The van der Waals surface area contributed by atoms with Crippen LogP contribution in [0, 0.1) is 0 Å². The van der Waals surface area contributed by atoms with E-state index in [2.05, 4.69) is 0 Å². The fourth-order valence-corrected chi connectivity index (χ4v) is 3.67. The number of ether oxygens (including phenoxy) is 2. The molecule has 7 heteroatoms. The molecule has 0 aromatic rings. The Morgan fingerprint density at radius 2 is 1.71 bits per heavy atom. The van der Waals surface area contributed by atoms with E-state index in [1.807, 2.05) is 0 Å². The molecule has 3 N–H and O–H groups in total. The normalized spacial score (nSPS) is 17.1. The number of hydrogen-bond donors (Lipinski definition) is 2. The number of aliphatic hydroxyl groups excluding tert-OH is 1. The Morgan fingerprint density at radius 3 is 2.06 bits per heavy atom. The second kappa shape index (κ2) is 9.03. The van der Waals surface area contributed by atoms with Crippen LogP contribution in [0.5, 0.6) is 0 Å². The zero-order chi connectivity index (χ0) is 13.3. The van der Waals surface area contributed by atoms with Crippen LogP contribution in [0.2, 0.25) is 0 Å². The van der Waals surface area contributed by atoms with Gasteiger partial charge in [-0.15, -0.1) is 0 Å². The maximum absolute atomic E-state index is 12.6. The second-order valence-corrected chi connectivity index (χ2v) is 5.93. The van der Waals surface area contributed by atoms with Crippen LogP contribution in [-0.2, 0) is 18.6 Å². The topological polar surface area (TPSA) is 91.0 Å². The van der Waals surface area contributed by atoms with Gasteiger partial charge in [-0.1, -0.05) is 0 Å². The standard InChI is InChI=1S/C10H24NO5P/c1-4-14-10(15-5-2)17(13,16-6-3)8-9(12)7-11/h9-10,12H,4-8,11H2,1-3H3/t9-,17?/m0/s1. The van der Waals surface area contributed by atoms with Crippen molar-refractivity contribution in [1.82, 2.24) is 0 Å². The first-order chi connectivity index (χ1) is 8.03. The Hall–Kier alpha value is 0.0300. The maximum atomic E-state index is 12.6. The fourth-order valence-electron chi connectivity index (χ4n) is 1.35. The third-order valence-corrected chi connectivity index (χ3v) is 4.59. The third kappa shape index (κ3) is 5.95. The molecular weight excluding hydrogens is 245 g/mol. The number of rotatable bonds is 10. The molecule has 0 aliphatic rings. The summed E-state index contributed by atoms with van der Waals surface area (Å²) in [6.45, 7) is 6.31. The first kappa shape index (κ1) is 17.0. The van der Waals surface area contributed by atoms with E-state index in [0.29, 0.717) is 13.2 Å². The van der Waals surface area contributed by atoms with Crippen LogP contribution < -0.4 is 5.73 Å². The predicted octanol–water partition coefficient (Wildman–Crippen LogP) is 0.977. The van der Waals surface area contributed by atoms with Crippen LogP contribution in [0.15, 0.2) is 0 Å². The van der Waals surface area contributed by atoms with E-state index in [1.165, 1.54) is 0 Å². The summed E-state index contributed by atoms with van der Waals surface area (Å²) in [4.78, 5) is 0. The van der Waals surface area contributed by atoms with Crippen LogP contribution in [0.1, 0.15) is 20.8 Å². The highest BCUT2D eigenvalue weighted by Crippen LogP contribution is 2.53. The molecule has 6 nitrogen and oxygen atoms in total. The van der Waals surface area contributed by atoms with E-state index >= 15 is 0 Å². The molecule has 0 rings (SSSR count). The summed E-state index contributed by atoms with van der Waals surface area (Å²) in [5.41, 5.74) is 5.32. The molecule has 0 aliphatic heterocycles. The molecule has 0 saturated carbocycles. The van der Waals surface area contributed by atoms with Gasteiger partial charge < -0.3 is 24.8 Å². The summed E-state index contributed by atoms with van der Waals surface area (Å²) in [5.74, 6) is 0. The van der Waals surface area contributed by atoms with E-state index in [4.69, 9.17) is 19.7 Å². The number of aliphatic hydroxyl groups is 1. The molecule has 0 aromatic carbocycles. The molecule has 0 fully saturated rings. The lowest BCUT2D eigenvalue weighted by Gasteiger charge is -2.27. The molecule has 0 aliphatic carbocycles. The molecule has 0 bridgehead atoms. The Morgan fingerprint density at radius 1 is 1.18 bits per heavy atom. The Kier molecular flexibility index (Phi) is 9.04. The Labute approximate surface area is 103 Å². The van der Waals surface area contributed by atoms with Crippen molar-refractivity contribution in [3.63, 3.8) is 0 Å². The zero-order valence-corrected chi connectivity index (χ0v) is 11.7. The average molecular weight is 269 g/mol. The largest absolute Gasteiger partial charge is 0.391 e. The minimum atomic E-state index is -3.21. The van der Waals surface area contributed by atoms with E-state index < -0.39 is 19.5 Å². The van der Waals surface area contributed by atoms with Gasteiger partial charge in [0, 0.05) is 19.8 Å². The smallest absolute Gasteiger partial charge is 0.260 e. The van der Waals surface area contributed by atoms with Gasteiger partial charge in [0.2, 0.25) is 6.03 Å². The molecule has 0 saturated heterocycles. The molecule has 2 atom stereocenters. The minimum Gasteiger partial charge on any atom is -0.391 e. The van der Waals surface area contributed by atoms with Gasteiger partial charge >= 0.3 is 0 Å². The number of nitrogens with two attached hydrogens (primary N) is 1. The van der Waals surface area contributed by atoms with E-state index in [-0.39, 0.29) is 19.3 Å². The monoisotopic (exact) mass is 269 g/mol. The van der Waals surface area contributed by atoms with Gasteiger partial charge in [0.15, 0.2) is 0 Å². The van der Waals surface area contributed by atoms with Crippen LogP contribution in [0.25, 0.3) is 0 Å². The van der Waals surface area contributed by atoms with Crippen LogP contribution in [-0.4, -0.2) is 49.8 Å². The summed E-state index contributed by atoms with van der Waals surface area (Å²) < 4.78 is 28.4. The van der Waals surface area contributed by atoms with Crippen molar-refractivity contribution in [2.45, 2.75) is 32.9 Å². The van der Waals surface area contributed by atoms with Crippen molar-refractivity contribution >= 4 is 7.37 Å². The van der Waals surface area contributed by atoms with Gasteiger partial charge in [-0.3, -0.25) is 4.57 Å². The van der Waals surface area contributed by atoms with Crippen molar-refractivity contribution in [2.24, 2.45) is 5.73 Å². The average Bonchev–Trinajstić information content (AvgIpc) is 2.29. The summed E-state index contributed by atoms with van der Waals surface area (Å²) in [6, 6.07) is -0.932. The lowest BCUT2D eigenvalue weighted by atomic mass is 10.4. The maximum Gasteiger partial charge on any atom is 0.260 e. The van der Waals surface area contributed by atoms with Crippen LogP contribution in [0.4, 0.5) is 0 Å². The van der Waals surface area contributed by atoms with Crippen molar-refractivity contribution in [3.8, 4) is 0 Å². The quantitative estimate of drug-likeness (QED) is 0.454. The van der Waals surface area contributed by atoms with E-state index in [9.17, 15) is 9.67 Å². The Bertz CT molecular complexity index is 233. The molecule has 0 spiro atoms. The van der Waals surface area contributed by atoms with Crippen LogP contribution >= 0.6 is 7.37 Å². The van der Waals surface area contributed by atoms with Crippen molar-refractivity contribution < 1.29 is 23.7 Å². The first-order valence-electron chi connectivity index (χ1n) is 5.88. The minimum absolute atomic E-state index is 0.0298. The molecule has 0 aromatic heterocycles. The molecule has 104 valence electrons. The van der Waals surface area contributed by atoms with Gasteiger partial charge in [0.05, 0.1) is 18.9 Å². The van der Waals surface area contributed by atoms with Crippen molar-refractivity contribution in [2.75, 3.05) is 32.5 Å². The zero-order valence-electron chi connectivity index (χ0n) is 10.8. The molecule has 1 unspecified atom stereocenters. The molecule has 17 heavy (non-hydrogen) atoms. The number of hydrogen-bond acceptors (Lipinski definition) is 6. The fraction of sp³-hybridized carbons (Fsp3) is 1.00. The summed E-state index contributed by atoms with van der Waals surface area (Å²) in [6.07, 6.45) is -0.932. The molecule has 0 heterocycles. The summed E-state index contributed by atoms with van der Waals surface area (Å²) in [7, 11) is -3.21.